The molecule has 0 spiro atoms. The first-order valence-electron chi connectivity index (χ1n) is 4.94. The number of halogens is 4. The summed E-state index contributed by atoms with van der Waals surface area (Å²) in [6.45, 7) is 1.96. The smallest absolute Gasteiger partial charge is 0.257 e. The summed E-state index contributed by atoms with van der Waals surface area (Å²) in [6.07, 6.45) is 0. The van der Waals surface area contributed by atoms with Crippen LogP contribution in [0.2, 0.25) is 0 Å². The minimum absolute atomic E-state index is 0.0211. The Morgan fingerprint density at radius 3 is 2.35 bits per heavy atom. The number of benzene rings is 1. The molecule has 17 heavy (non-hydrogen) atoms. The molecule has 0 saturated carbocycles. The SMILES string of the molecule is CC(CCl)CNC(=O)c1c(F)cc(F)cc1F. The Morgan fingerprint density at radius 1 is 1.35 bits per heavy atom. The van der Waals surface area contributed by atoms with Gasteiger partial charge < -0.3 is 5.32 Å². The van der Waals surface area contributed by atoms with Crippen LogP contribution in [-0.4, -0.2) is 18.3 Å². The van der Waals surface area contributed by atoms with Gasteiger partial charge >= 0.3 is 0 Å². The highest BCUT2D eigenvalue weighted by molar-refractivity contribution is 6.18. The fraction of sp³-hybridized carbons (Fsp3) is 0.364. The third-order valence-electron chi connectivity index (χ3n) is 2.11. The molecular formula is C11H11ClF3NO. The summed E-state index contributed by atoms with van der Waals surface area (Å²) in [5.41, 5.74) is -0.784. The second-order valence-corrected chi connectivity index (χ2v) is 4.02. The third-order valence-corrected chi connectivity index (χ3v) is 2.64. The number of hydrogen-bond acceptors (Lipinski definition) is 1. The Hall–Kier alpha value is -1.23. The molecule has 0 bridgehead atoms. The number of hydrogen-bond donors (Lipinski definition) is 1. The number of amides is 1. The molecule has 0 fully saturated rings. The molecule has 0 aliphatic heterocycles. The minimum Gasteiger partial charge on any atom is -0.352 e. The van der Waals surface area contributed by atoms with Gasteiger partial charge in [0, 0.05) is 24.6 Å². The van der Waals surface area contributed by atoms with Crippen LogP contribution in [0.3, 0.4) is 0 Å². The summed E-state index contributed by atoms with van der Waals surface area (Å²) in [6, 6.07) is 0.923. The van der Waals surface area contributed by atoms with Crippen LogP contribution in [0.25, 0.3) is 0 Å². The van der Waals surface area contributed by atoms with Crippen molar-refractivity contribution in [3.05, 3.63) is 35.1 Å². The van der Waals surface area contributed by atoms with Crippen LogP contribution in [0, 0.1) is 23.4 Å². The predicted molar refractivity (Wildman–Crippen MR) is 58.5 cm³/mol. The van der Waals surface area contributed by atoms with E-state index in [0.29, 0.717) is 18.0 Å². The Balaban J connectivity index is 2.82. The standard InChI is InChI=1S/C11H11ClF3NO/c1-6(4-12)5-16-11(17)10-8(14)2-7(13)3-9(10)15/h2-3,6H,4-5H2,1H3,(H,16,17). The van der Waals surface area contributed by atoms with Crippen LogP contribution in [-0.2, 0) is 0 Å². The van der Waals surface area contributed by atoms with Crippen molar-refractivity contribution < 1.29 is 18.0 Å². The van der Waals surface area contributed by atoms with E-state index in [2.05, 4.69) is 5.32 Å². The van der Waals surface area contributed by atoms with Gasteiger partial charge in [-0.3, -0.25) is 4.79 Å². The molecule has 0 aromatic heterocycles. The zero-order chi connectivity index (χ0) is 13.0. The van der Waals surface area contributed by atoms with E-state index in [1.807, 2.05) is 0 Å². The maximum atomic E-state index is 13.2. The molecule has 94 valence electrons. The average molecular weight is 266 g/mol. The second-order valence-electron chi connectivity index (χ2n) is 3.71. The summed E-state index contributed by atoms with van der Waals surface area (Å²) in [5.74, 6) is -4.14. The van der Waals surface area contributed by atoms with Crippen LogP contribution in [0.1, 0.15) is 17.3 Å². The molecule has 1 atom stereocenters. The summed E-state index contributed by atoms with van der Waals surface area (Å²) >= 11 is 5.52. The van der Waals surface area contributed by atoms with Gasteiger partial charge in [-0.1, -0.05) is 6.92 Å². The topological polar surface area (TPSA) is 29.1 Å². The average Bonchev–Trinajstić information content (AvgIpc) is 2.24. The first-order chi connectivity index (χ1) is 7.95. The molecule has 2 nitrogen and oxygen atoms in total. The van der Waals surface area contributed by atoms with Crippen LogP contribution in [0.5, 0.6) is 0 Å². The number of alkyl halides is 1. The summed E-state index contributed by atoms with van der Waals surface area (Å²) in [7, 11) is 0. The molecule has 6 heteroatoms. The van der Waals surface area contributed by atoms with E-state index in [0.717, 1.165) is 0 Å². The number of carbonyl (C=O) groups excluding carboxylic acids is 1. The molecule has 0 aliphatic rings. The fourth-order valence-electron chi connectivity index (χ4n) is 1.17. The number of nitrogens with one attached hydrogen (secondary N) is 1. The van der Waals surface area contributed by atoms with Crippen molar-refractivity contribution >= 4 is 17.5 Å². The van der Waals surface area contributed by atoms with Crippen molar-refractivity contribution in [1.29, 1.82) is 0 Å². The van der Waals surface area contributed by atoms with Gasteiger partial charge in [0.15, 0.2) is 0 Å². The number of rotatable bonds is 4. The maximum Gasteiger partial charge on any atom is 0.257 e. The van der Waals surface area contributed by atoms with Gasteiger partial charge in [-0.2, -0.15) is 0 Å². The van der Waals surface area contributed by atoms with Gasteiger partial charge in [0.2, 0.25) is 0 Å². The summed E-state index contributed by atoms with van der Waals surface area (Å²) < 4.78 is 39.0. The number of carbonyl (C=O) groups is 1. The lowest BCUT2D eigenvalue weighted by atomic mass is 10.1. The van der Waals surface area contributed by atoms with Crippen LogP contribution in [0.15, 0.2) is 12.1 Å². The van der Waals surface area contributed by atoms with E-state index >= 15 is 0 Å². The highest BCUT2D eigenvalue weighted by Crippen LogP contribution is 2.14. The van der Waals surface area contributed by atoms with E-state index < -0.39 is 28.9 Å². The molecule has 1 unspecified atom stereocenters. The molecule has 0 saturated heterocycles. The normalized spacial score (nSPS) is 12.3. The van der Waals surface area contributed by atoms with Crippen molar-refractivity contribution in [2.24, 2.45) is 5.92 Å². The lowest BCUT2D eigenvalue weighted by Crippen LogP contribution is -2.30. The van der Waals surface area contributed by atoms with Crippen molar-refractivity contribution in [3.8, 4) is 0 Å². The van der Waals surface area contributed by atoms with E-state index in [1.54, 1.807) is 6.92 Å². The zero-order valence-electron chi connectivity index (χ0n) is 9.07. The summed E-state index contributed by atoms with van der Waals surface area (Å²) in [5, 5.41) is 2.32. The second kappa shape index (κ2) is 5.91. The van der Waals surface area contributed by atoms with E-state index in [-0.39, 0.29) is 12.5 Å². The molecule has 1 amide bonds. The van der Waals surface area contributed by atoms with Crippen LogP contribution in [0.4, 0.5) is 13.2 Å². The lowest BCUT2D eigenvalue weighted by Gasteiger charge is -2.10. The Morgan fingerprint density at radius 2 is 1.88 bits per heavy atom. The maximum absolute atomic E-state index is 13.2. The molecule has 0 radical (unpaired) electrons. The van der Waals surface area contributed by atoms with Crippen molar-refractivity contribution in [3.63, 3.8) is 0 Å². The first kappa shape index (κ1) is 13.8. The Bertz CT molecular complexity index is 402. The van der Waals surface area contributed by atoms with Crippen LogP contribution < -0.4 is 5.32 Å². The highest BCUT2D eigenvalue weighted by atomic mass is 35.5. The van der Waals surface area contributed by atoms with E-state index in [4.69, 9.17) is 11.6 Å². The third kappa shape index (κ3) is 3.63. The van der Waals surface area contributed by atoms with Crippen molar-refractivity contribution in [2.75, 3.05) is 12.4 Å². The quantitative estimate of drug-likeness (QED) is 0.834. The van der Waals surface area contributed by atoms with Gasteiger partial charge in [-0.25, -0.2) is 13.2 Å². The Labute approximate surface area is 102 Å². The van der Waals surface area contributed by atoms with Crippen molar-refractivity contribution in [2.45, 2.75) is 6.92 Å². The van der Waals surface area contributed by atoms with Gasteiger partial charge in [0.05, 0.1) is 0 Å². The first-order valence-corrected chi connectivity index (χ1v) is 5.47. The van der Waals surface area contributed by atoms with Crippen molar-refractivity contribution in [1.82, 2.24) is 5.32 Å². The van der Waals surface area contributed by atoms with E-state index in [9.17, 15) is 18.0 Å². The summed E-state index contributed by atoms with van der Waals surface area (Å²) in [4.78, 5) is 11.5. The largest absolute Gasteiger partial charge is 0.352 e. The van der Waals surface area contributed by atoms with Gasteiger partial charge in [-0.15, -0.1) is 11.6 Å². The molecule has 1 N–H and O–H groups in total. The molecular weight excluding hydrogens is 255 g/mol. The van der Waals surface area contributed by atoms with Gasteiger partial charge in [-0.05, 0) is 5.92 Å². The molecule has 1 aromatic rings. The highest BCUT2D eigenvalue weighted by Gasteiger charge is 2.19. The zero-order valence-corrected chi connectivity index (χ0v) is 9.82. The molecule has 0 aliphatic carbocycles. The van der Waals surface area contributed by atoms with Gasteiger partial charge in [0.1, 0.15) is 23.0 Å². The van der Waals surface area contributed by atoms with Crippen LogP contribution >= 0.6 is 11.6 Å². The van der Waals surface area contributed by atoms with E-state index in [1.165, 1.54) is 0 Å². The fourth-order valence-corrected chi connectivity index (χ4v) is 1.28. The lowest BCUT2D eigenvalue weighted by molar-refractivity contribution is 0.0940. The van der Waals surface area contributed by atoms with Gasteiger partial charge in [0.25, 0.3) is 5.91 Å². The molecule has 1 rings (SSSR count). The minimum atomic E-state index is -1.22. The monoisotopic (exact) mass is 265 g/mol. The predicted octanol–water partition coefficient (Wildman–Crippen LogP) is 2.71. The Kier molecular flexibility index (Phi) is 4.81. The molecule has 1 aromatic carbocycles. The molecule has 0 heterocycles.